The Morgan fingerprint density at radius 1 is 1.03 bits per heavy atom. The van der Waals surface area contributed by atoms with Crippen LogP contribution in [0.1, 0.15) is 23.5 Å². The van der Waals surface area contributed by atoms with Crippen molar-refractivity contribution in [2.24, 2.45) is 0 Å². The Morgan fingerprint density at radius 3 is 2.37 bits per heavy atom. The first kappa shape index (κ1) is 21.9. The number of nitrogens with zero attached hydrogens (tertiary/aromatic N) is 1. The van der Waals surface area contributed by atoms with Crippen LogP contribution < -0.4 is 10.6 Å². The van der Waals surface area contributed by atoms with Crippen molar-refractivity contribution in [1.82, 2.24) is 5.32 Å². The smallest absolute Gasteiger partial charge is 0.231 e. The SMILES string of the molecule is CNCCC(C(=O)Nc1cc(Cl)cc(Cl)c1)c1ccc(-c2ccccc2)c(C#N)c1. The maximum atomic E-state index is 13.1. The Hall–Kier alpha value is -2.84. The van der Waals surface area contributed by atoms with Gasteiger partial charge in [0.1, 0.15) is 0 Å². The zero-order chi connectivity index (χ0) is 21.5. The maximum absolute atomic E-state index is 13.1. The minimum Gasteiger partial charge on any atom is -0.325 e. The number of hydrogen-bond donors (Lipinski definition) is 2. The molecule has 6 heteroatoms. The maximum Gasteiger partial charge on any atom is 0.231 e. The highest BCUT2D eigenvalue weighted by Gasteiger charge is 2.22. The molecule has 0 fully saturated rings. The second-order valence-corrected chi connectivity index (χ2v) is 7.75. The number of nitrogens with one attached hydrogen (secondary N) is 2. The van der Waals surface area contributed by atoms with Crippen LogP contribution in [0.25, 0.3) is 11.1 Å². The highest BCUT2D eigenvalue weighted by molar-refractivity contribution is 6.35. The van der Waals surface area contributed by atoms with E-state index in [1.165, 1.54) is 0 Å². The van der Waals surface area contributed by atoms with Crippen molar-refractivity contribution in [3.63, 3.8) is 0 Å². The number of nitriles is 1. The number of rotatable bonds is 7. The minimum atomic E-state index is -0.438. The number of carbonyl (C=O) groups is 1. The van der Waals surface area contributed by atoms with Crippen molar-refractivity contribution >= 4 is 34.8 Å². The van der Waals surface area contributed by atoms with E-state index in [9.17, 15) is 10.1 Å². The highest BCUT2D eigenvalue weighted by Crippen LogP contribution is 2.30. The van der Waals surface area contributed by atoms with E-state index in [-0.39, 0.29) is 5.91 Å². The van der Waals surface area contributed by atoms with Gasteiger partial charge in [0.25, 0.3) is 0 Å². The van der Waals surface area contributed by atoms with E-state index in [0.29, 0.717) is 34.3 Å². The number of hydrogen-bond acceptors (Lipinski definition) is 3. The molecule has 0 bridgehead atoms. The Kier molecular flexibility index (Phi) is 7.48. The summed E-state index contributed by atoms with van der Waals surface area (Å²) in [6.07, 6.45) is 0.576. The van der Waals surface area contributed by atoms with Crippen molar-refractivity contribution in [1.29, 1.82) is 5.26 Å². The van der Waals surface area contributed by atoms with Crippen molar-refractivity contribution < 1.29 is 4.79 Å². The largest absolute Gasteiger partial charge is 0.325 e. The Balaban J connectivity index is 1.93. The van der Waals surface area contributed by atoms with Crippen molar-refractivity contribution in [3.05, 3.63) is 87.9 Å². The number of benzene rings is 3. The average Bonchev–Trinajstić information content (AvgIpc) is 2.73. The third kappa shape index (κ3) is 5.40. The molecule has 0 aliphatic rings. The molecule has 2 N–H and O–H groups in total. The molecule has 0 radical (unpaired) electrons. The van der Waals surface area contributed by atoms with Crippen molar-refractivity contribution in [2.75, 3.05) is 18.9 Å². The third-order valence-corrected chi connectivity index (χ3v) is 5.22. The van der Waals surface area contributed by atoms with Gasteiger partial charge in [-0.3, -0.25) is 4.79 Å². The van der Waals surface area contributed by atoms with Crippen LogP contribution >= 0.6 is 23.2 Å². The lowest BCUT2D eigenvalue weighted by molar-refractivity contribution is -0.117. The Morgan fingerprint density at radius 2 is 1.73 bits per heavy atom. The molecule has 0 saturated carbocycles. The summed E-state index contributed by atoms with van der Waals surface area (Å²) in [7, 11) is 1.84. The molecule has 1 atom stereocenters. The van der Waals surface area contributed by atoms with Crippen LogP contribution in [0, 0.1) is 11.3 Å². The summed E-state index contributed by atoms with van der Waals surface area (Å²) in [4.78, 5) is 13.1. The molecular formula is C24H21Cl2N3O. The first-order chi connectivity index (χ1) is 14.5. The topological polar surface area (TPSA) is 64.9 Å². The summed E-state index contributed by atoms with van der Waals surface area (Å²) < 4.78 is 0. The van der Waals surface area contributed by atoms with Crippen LogP contribution in [0.5, 0.6) is 0 Å². The molecule has 30 heavy (non-hydrogen) atoms. The van der Waals surface area contributed by atoms with Gasteiger partial charge in [0, 0.05) is 15.7 Å². The van der Waals surface area contributed by atoms with Gasteiger partial charge >= 0.3 is 0 Å². The second kappa shape index (κ2) is 10.3. The van der Waals surface area contributed by atoms with E-state index >= 15 is 0 Å². The zero-order valence-electron chi connectivity index (χ0n) is 16.5. The lowest BCUT2D eigenvalue weighted by Gasteiger charge is -2.19. The standard InChI is InChI=1S/C24H21Cl2N3O/c1-28-10-9-23(24(30)29-21-13-19(25)12-20(26)14-21)17-7-8-22(18(11-17)15-27)16-5-3-2-4-6-16/h2-8,11-14,23,28H,9-10H2,1H3,(H,29,30). The number of halogens is 2. The molecular weight excluding hydrogens is 417 g/mol. The highest BCUT2D eigenvalue weighted by atomic mass is 35.5. The first-order valence-electron chi connectivity index (χ1n) is 9.53. The monoisotopic (exact) mass is 437 g/mol. The van der Waals surface area contributed by atoms with Crippen LogP contribution in [-0.2, 0) is 4.79 Å². The summed E-state index contributed by atoms with van der Waals surface area (Å²) in [6.45, 7) is 0.650. The molecule has 0 aromatic heterocycles. The van der Waals surface area contributed by atoms with E-state index < -0.39 is 5.92 Å². The van der Waals surface area contributed by atoms with Crippen LogP contribution in [0.3, 0.4) is 0 Å². The average molecular weight is 438 g/mol. The van der Waals surface area contributed by atoms with Crippen LogP contribution in [0.4, 0.5) is 5.69 Å². The summed E-state index contributed by atoms with van der Waals surface area (Å²) in [5.74, 6) is -0.618. The fraction of sp³-hybridized carbons (Fsp3) is 0.167. The van der Waals surface area contributed by atoms with Gasteiger partial charge < -0.3 is 10.6 Å². The molecule has 0 heterocycles. The predicted octanol–water partition coefficient (Wildman–Crippen LogP) is 5.86. The first-order valence-corrected chi connectivity index (χ1v) is 10.3. The second-order valence-electron chi connectivity index (χ2n) is 6.88. The summed E-state index contributed by atoms with van der Waals surface area (Å²) in [5, 5.41) is 16.6. The van der Waals surface area contributed by atoms with Crippen LogP contribution in [0.2, 0.25) is 10.0 Å². The van der Waals surface area contributed by atoms with Crippen molar-refractivity contribution in [3.8, 4) is 17.2 Å². The molecule has 1 amide bonds. The van der Waals surface area contributed by atoms with E-state index in [1.54, 1.807) is 24.3 Å². The third-order valence-electron chi connectivity index (χ3n) is 4.78. The van der Waals surface area contributed by atoms with Gasteiger partial charge in [0.05, 0.1) is 17.6 Å². The normalized spacial score (nSPS) is 11.5. The fourth-order valence-corrected chi connectivity index (χ4v) is 3.86. The van der Waals surface area contributed by atoms with Crippen molar-refractivity contribution in [2.45, 2.75) is 12.3 Å². The summed E-state index contributed by atoms with van der Waals surface area (Å²) in [6, 6.07) is 22.5. The number of carbonyl (C=O) groups excluding carboxylic acids is 1. The molecule has 0 aliphatic heterocycles. The van der Waals surface area contributed by atoms with E-state index in [2.05, 4.69) is 16.7 Å². The van der Waals surface area contributed by atoms with E-state index in [1.807, 2.05) is 49.5 Å². The fourth-order valence-electron chi connectivity index (χ4n) is 3.33. The van der Waals surface area contributed by atoms with Gasteiger partial charge in [-0.2, -0.15) is 5.26 Å². The van der Waals surface area contributed by atoms with Crippen LogP contribution in [-0.4, -0.2) is 19.5 Å². The molecule has 1 unspecified atom stereocenters. The quantitative estimate of drug-likeness (QED) is 0.485. The van der Waals surface area contributed by atoms with Gasteiger partial charge in [0.15, 0.2) is 0 Å². The van der Waals surface area contributed by atoms with Crippen LogP contribution in [0.15, 0.2) is 66.7 Å². The summed E-state index contributed by atoms with van der Waals surface area (Å²) in [5.41, 5.74) is 3.66. The van der Waals surface area contributed by atoms with E-state index in [0.717, 1.165) is 16.7 Å². The molecule has 0 aliphatic carbocycles. The number of amides is 1. The lowest BCUT2D eigenvalue weighted by atomic mass is 9.90. The molecule has 3 rings (SSSR count). The summed E-state index contributed by atoms with van der Waals surface area (Å²) >= 11 is 12.1. The van der Waals surface area contributed by atoms with Gasteiger partial charge in [-0.15, -0.1) is 0 Å². The predicted molar refractivity (Wildman–Crippen MR) is 123 cm³/mol. The molecule has 152 valence electrons. The Bertz CT molecular complexity index is 1060. The minimum absolute atomic E-state index is 0.181. The molecule has 3 aromatic carbocycles. The molecule has 3 aromatic rings. The Labute approximate surface area is 186 Å². The molecule has 0 spiro atoms. The van der Waals surface area contributed by atoms with Gasteiger partial charge in [-0.25, -0.2) is 0 Å². The molecule has 4 nitrogen and oxygen atoms in total. The molecule has 0 saturated heterocycles. The van der Waals surface area contributed by atoms with Gasteiger partial charge in [-0.1, -0.05) is 65.7 Å². The van der Waals surface area contributed by atoms with Gasteiger partial charge in [0.2, 0.25) is 5.91 Å². The zero-order valence-corrected chi connectivity index (χ0v) is 18.0. The number of anilines is 1. The van der Waals surface area contributed by atoms with Gasteiger partial charge in [-0.05, 0) is 61.0 Å². The van der Waals surface area contributed by atoms with E-state index in [4.69, 9.17) is 23.2 Å². The lowest BCUT2D eigenvalue weighted by Crippen LogP contribution is -2.24.